The van der Waals surface area contributed by atoms with Gasteiger partial charge in [-0.3, -0.25) is 4.79 Å². The number of amides is 1. The Morgan fingerprint density at radius 3 is 2.56 bits per heavy atom. The fraction of sp³-hybridized carbons (Fsp3) is 0.269. The molecular formula is C26H29N3O3. The van der Waals surface area contributed by atoms with Crippen LogP contribution in [-0.4, -0.2) is 23.6 Å². The van der Waals surface area contributed by atoms with Crippen LogP contribution in [0.1, 0.15) is 34.7 Å². The number of carbonyl (C=O) groups is 1. The van der Waals surface area contributed by atoms with Crippen LogP contribution in [0.15, 0.2) is 60.7 Å². The van der Waals surface area contributed by atoms with Gasteiger partial charge in [-0.1, -0.05) is 18.2 Å². The normalized spacial score (nSPS) is 15.9. The quantitative estimate of drug-likeness (QED) is 0.465. The Hall–Kier alpha value is -3.51. The summed E-state index contributed by atoms with van der Waals surface area (Å²) < 4.78 is 5.97. The van der Waals surface area contributed by atoms with E-state index in [1.807, 2.05) is 62.4 Å². The minimum absolute atomic E-state index is 0.147. The highest BCUT2D eigenvalue weighted by atomic mass is 16.5. The number of hydrogen-bond acceptors (Lipinski definition) is 5. The smallest absolute Gasteiger partial charge is 0.237 e. The third-order valence-corrected chi connectivity index (χ3v) is 5.88. The van der Waals surface area contributed by atoms with Gasteiger partial charge in [0.25, 0.3) is 0 Å². The van der Waals surface area contributed by atoms with Crippen LogP contribution in [0.5, 0.6) is 17.2 Å². The van der Waals surface area contributed by atoms with E-state index in [1.165, 1.54) is 0 Å². The topological polar surface area (TPSA) is 96.6 Å². The Morgan fingerprint density at radius 1 is 1.12 bits per heavy atom. The predicted molar refractivity (Wildman–Crippen MR) is 126 cm³/mol. The van der Waals surface area contributed by atoms with Crippen LogP contribution in [0.25, 0.3) is 0 Å². The van der Waals surface area contributed by atoms with Gasteiger partial charge in [0.1, 0.15) is 17.2 Å². The minimum Gasteiger partial charge on any atom is -0.508 e. The average Bonchev–Trinajstić information content (AvgIpc) is 2.77. The van der Waals surface area contributed by atoms with E-state index in [0.717, 1.165) is 52.4 Å². The van der Waals surface area contributed by atoms with Gasteiger partial charge >= 0.3 is 0 Å². The Labute approximate surface area is 188 Å². The van der Waals surface area contributed by atoms with Crippen molar-refractivity contribution in [2.45, 2.75) is 38.8 Å². The molecule has 6 nitrogen and oxygen atoms in total. The van der Waals surface area contributed by atoms with Gasteiger partial charge in [-0.2, -0.15) is 0 Å². The maximum absolute atomic E-state index is 13.0. The molecule has 1 amide bonds. The highest BCUT2D eigenvalue weighted by Gasteiger charge is 2.25. The van der Waals surface area contributed by atoms with E-state index in [1.54, 1.807) is 12.1 Å². The number of nitrogens with two attached hydrogens (primary N) is 1. The molecule has 0 fully saturated rings. The van der Waals surface area contributed by atoms with Crippen molar-refractivity contribution in [2.75, 3.05) is 11.9 Å². The first-order valence-corrected chi connectivity index (χ1v) is 10.9. The van der Waals surface area contributed by atoms with Crippen LogP contribution in [0, 0.1) is 13.8 Å². The summed E-state index contributed by atoms with van der Waals surface area (Å²) in [7, 11) is 0. The minimum atomic E-state index is -0.681. The highest BCUT2D eigenvalue weighted by molar-refractivity contribution is 5.82. The summed E-state index contributed by atoms with van der Waals surface area (Å²) in [6.45, 7) is 4.61. The largest absolute Gasteiger partial charge is 0.508 e. The number of carbonyl (C=O) groups excluding carboxylic acids is 1. The summed E-state index contributed by atoms with van der Waals surface area (Å²) >= 11 is 0. The van der Waals surface area contributed by atoms with Crippen molar-refractivity contribution in [1.29, 1.82) is 0 Å². The molecular weight excluding hydrogens is 402 g/mol. The molecule has 0 saturated heterocycles. The molecule has 3 aromatic carbocycles. The monoisotopic (exact) mass is 431 g/mol. The van der Waals surface area contributed by atoms with Gasteiger partial charge in [0.15, 0.2) is 0 Å². The van der Waals surface area contributed by atoms with E-state index in [-0.39, 0.29) is 17.7 Å². The van der Waals surface area contributed by atoms with Gasteiger partial charge in [-0.15, -0.1) is 0 Å². The number of para-hydroxylation sites is 1. The van der Waals surface area contributed by atoms with Crippen LogP contribution < -0.4 is 21.1 Å². The fourth-order valence-electron chi connectivity index (χ4n) is 4.22. The number of hydrogen-bond donors (Lipinski definition) is 4. The van der Waals surface area contributed by atoms with Crippen molar-refractivity contribution in [2.24, 2.45) is 5.73 Å². The molecule has 1 aliphatic rings. The number of nitrogens with one attached hydrogen (secondary N) is 2. The zero-order valence-electron chi connectivity index (χ0n) is 18.4. The van der Waals surface area contributed by atoms with Crippen molar-refractivity contribution in [3.63, 3.8) is 0 Å². The Morgan fingerprint density at radius 2 is 1.84 bits per heavy atom. The Kier molecular flexibility index (Phi) is 6.32. The van der Waals surface area contributed by atoms with Gasteiger partial charge in [-0.05, 0) is 85.8 Å². The van der Waals surface area contributed by atoms with E-state index in [9.17, 15) is 9.90 Å². The molecule has 3 aromatic rings. The Balaban J connectivity index is 1.48. The van der Waals surface area contributed by atoms with Gasteiger partial charge < -0.3 is 26.2 Å². The average molecular weight is 432 g/mol. The molecule has 0 aromatic heterocycles. The summed E-state index contributed by atoms with van der Waals surface area (Å²) in [6, 6.07) is 18.1. The molecule has 166 valence electrons. The summed E-state index contributed by atoms with van der Waals surface area (Å²) in [6.07, 6.45) is 1.18. The third kappa shape index (κ3) is 4.86. The highest BCUT2D eigenvalue weighted by Crippen LogP contribution is 2.34. The molecule has 6 heteroatoms. The number of benzene rings is 3. The summed E-state index contributed by atoms with van der Waals surface area (Å²) in [4.78, 5) is 13.0. The summed E-state index contributed by atoms with van der Waals surface area (Å²) in [5.41, 5.74) is 11.1. The first-order chi connectivity index (χ1) is 15.4. The standard InChI is InChI=1S/C26H29N3O3/c1-16-12-18(30)13-17(2)21(16)15-23(27)26(31)29-25-10-11-28-24-9-8-20(14-22(24)25)32-19-6-4-3-5-7-19/h3-9,12-14,23,25,28,30H,10-11,15,27H2,1-2H3,(H,29,31). The molecule has 5 N–H and O–H groups in total. The zero-order chi connectivity index (χ0) is 22.7. The van der Waals surface area contributed by atoms with Gasteiger partial charge in [0, 0.05) is 17.8 Å². The number of fused-ring (bicyclic) bond motifs is 1. The number of rotatable bonds is 6. The third-order valence-electron chi connectivity index (χ3n) is 5.88. The van der Waals surface area contributed by atoms with Crippen molar-refractivity contribution in [3.05, 3.63) is 82.9 Å². The second-order valence-electron chi connectivity index (χ2n) is 8.31. The zero-order valence-corrected chi connectivity index (χ0v) is 18.4. The summed E-state index contributed by atoms with van der Waals surface area (Å²) in [5, 5.41) is 16.3. The molecule has 0 bridgehead atoms. The first kappa shape index (κ1) is 21.7. The lowest BCUT2D eigenvalue weighted by Gasteiger charge is -2.29. The lowest BCUT2D eigenvalue weighted by atomic mass is 9.94. The van der Waals surface area contributed by atoms with E-state index in [0.29, 0.717) is 6.42 Å². The molecule has 1 heterocycles. The summed E-state index contributed by atoms with van der Waals surface area (Å²) in [5.74, 6) is 1.52. The maximum atomic E-state index is 13.0. The fourth-order valence-corrected chi connectivity index (χ4v) is 4.22. The first-order valence-electron chi connectivity index (χ1n) is 10.9. The Bertz CT molecular complexity index is 1090. The van der Waals surface area contributed by atoms with Gasteiger partial charge in [0.05, 0.1) is 12.1 Å². The van der Waals surface area contributed by atoms with Crippen molar-refractivity contribution in [3.8, 4) is 17.2 Å². The molecule has 0 radical (unpaired) electrons. The van der Waals surface area contributed by atoms with E-state index in [4.69, 9.17) is 10.5 Å². The lowest BCUT2D eigenvalue weighted by molar-refractivity contribution is -0.123. The SMILES string of the molecule is Cc1cc(O)cc(C)c1CC(N)C(=O)NC1CCNc2ccc(Oc3ccccc3)cc21. The molecule has 4 rings (SSSR count). The molecule has 32 heavy (non-hydrogen) atoms. The van der Waals surface area contributed by atoms with Crippen LogP contribution in [0.4, 0.5) is 5.69 Å². The van der Waals surface area contributed by atoms with Crippen molar-refractivity contribution >= 4 is 11.6 Å². The number of aromatic hydroxyl groups is 1. The molecule has 0 saturated carbocycles. The van der Waals surface area contributed by atoms with E-state index in [2.05, 4.69) is 10.6 Å². The maximum Gasteiger partial charge on any atom is 0.237 e. The lowest BCUT2D eigenvalue weighted by Crippen LogP contribution is -2.44. The van der Waals surface area contributed by atoms with Gasteiger partial charge in [-0.25, -0.2) is 0 Å². The number of aryl methyl sites for hydroxylation is 2. The molecule has 0 aliphatic carbocycles. The van der Waals surface area contributed by atoms with Crippen LogP contribution in [-0.2, 0) is 11.2 Å². The number of ether oxygens (including phenoxy) is 1. The molecule has 2 atom stereocenters. The molecule has 1 aliphatic heterocycles. The van der Waals surface area contributed by atoms with Crippen LogP contribution >= 0.6 is 0 Å². The molecule has 0 spiro atoms. The van der Waals surface area contributed by atoms with Crippen molar-refractivity contribution in [1.82, 2.24) is 5.32 Å². The van der Waals surface area contributed by atoms with Crippen molar-refractivity contribution < 1.29 is 14.6 Å². The van der Waals surface area contributed by atoms with E-state index >= 15 is 0 Å². The number of phenols is 1. The molecule has 2 unspecified atom stereocenters. The second-order valence-corrected chi connectivity index (χ2v) is 8.31. The van der Waals surface area contributed by atoms with E-state index < -0.39 is 6.04 Å². The van der Waals surface area contributed by atoms with Crippen LogP contribution in [0.3, 0.4) is 0 Å². The number of anilines is 1. The number of phenolic OH excluding ortho intramolecular Hbond substituents is 1. The second kappa shape index (κ2) is 9.32. The van der Waals surface area contributed by atoms with Gasteiger partial charge in [0.2, 0.25) is 5.91 Å². The predicted octanol–water partition coefficient (Wildman–Crippen LogP) is 4.34. The van der Waals surface area contributed by atoms with Crippen LogP contribution in [0.2, 0.25) is 0 Å².